The summed E-state index contributed by atoms with van der Waals surface area (Å²) in [6, 6.07) is 11.9. The lowest BCUT2D eigenvalue weighted by Crippen LogP contribution is -1.99. The van der Waals surface area contributed by atoms with E-state index in [2.05, 4.69) is 15.5 Å². The van der Waals surface area contributed by atoms with Crippen molar-refractivity contribution in [3.8, 4) is 11.4 Å². The molecule has 0 bridgehead atoms. The van der Waals surface area contributed by atoms with E-state index in [1.54, 1.807) is 24.3 Å². The van der Waals surface area contributed by atoms with Crippen LogP contribution >= 0.6 is 0 Å². The van der Waals surface area contributed by atoms with Gasteiger partial charge in [0.15, 0.2) is 0 Å². The van der Waals surface area contributed by atoms with Crippen LogP contribution < -0.4 is 5.32 Å². The van der Waals surface area contributed by atoms with Gasteiger partial charge in [0.1, 0.15) is 5.82 Å². The molecule has 0 aliphatic rings. The summed E-state index contributed by atoms with van der Waals surface area (Å²) >= 11 is 0. The summed E-state index contributed by atoms with van der Waals surface area (Å²) in [6.45, 7) is 0.214. The number of rotatable bonds is 5. The molecular weight excluding hydrogens is 303 g/mol. The highest BCUT2D eigenvalue weighted by atomic mass is 19.1. The van der Waals surface area contributed by atoms with Crippen LogP contribution in [-0.2, 0) is 6.54 Å². The molecule has 0 amide bonds. The zero-order valence-electron chi connectivity index (χ0n) is 11.8. The number of hydrogen-bond acceptors (Lipinski definition) is 6. The Morgan fingerprint density at radius 3 is 2.83 bits per heavy atom. The second-order valence-corrected chi connectivity index (χ2v) is 4.68. The number of nitro benzene ring substituents is 1. The van der Waals surface area contributed by atoms with Gasteiger partial charge in [0, 0.05) is 23.4 Å². The molecule has 0 saturated heterocycles. The zero-order valence-corrected chi connectivity index (χ0v) is 11.8. The van der Waals surface area contributed by atoms with Crippen LogP contribution in [0.2, 0.25) is 0 Å². The molecule has 0 fully saturated rings. The maximum Gasteiger partial charge on any atom is 0.270 e. The van der Waals surface area contributed by atoms with Gasteiger partial charge in [0.05, 0.1) is 11.5 Å². The first-order valence-electron chi connectivity index (χ1n) is 6.69. The summed E-state index contributed by atoms with van der Waals surface area (Å²) in [6.07, 6.45) is 0. The van der Waals surface area contributed by atoms with Crippen LogP contribution in [0.1, 0.15) is 5.89 Å². The molecule has 0 aliphatic heterocycles. The van der Waals surface area contributed by atoms with Gasteiger partial charge in [-0.1, -0.05) is 23.4 Å². The lowest BCUT2D eigenvalue weighted by Gasteiger charge is -2.02. The third kappa shape index (κ3) is 3.49. The van der Waals surface area contributed by atoms with Crippen LogP contribution in [0.15, 0.2) is 53.1 Å². The Morgan fingerprint density at radius 2 is 2.04 bits per heavy atom. The van der Waals surface area contributed by atoms with Gasteiger partial charge in [-0.3, -0.25) is 10.1 Å². The Morgan fingerprint density at radius 1 is 1.22 bits per heavy atom. The second kappa shape index (κ2) is 6.22. The molecular formula is C15H11FN4O3. The molecule has 116 valence electrons. The fourth-order valence-corrected chi connectivity index (χ4v) is 1.98. The average molecular weight is 314 g/mol. The molecule has 0 aliphatic carbocycles. The van der Waals surface area contributed by atoms with Gasteiger partial charge in [-0.15, -0.1) is 0 Å². The van der Waals surface area contributed by atoms with E-state index in [0.29, 0.717) is 11.3 Å². The maximum atomic E-state index is 13.1. The number of nitrogens with zero attached hydrogens (tertiary/aromatic N) is 3. The van der Waals surface area contributed by atoms with Crippen LogP contribution in [0, 0.1) is 15.9 Å². The molecule has 0 unspecified atom stereocenters. The van der Waals surface area contributed by atoms with Crippen LogP contribution in [0.4, 0.5) is 15.8 Å². The normalized spacial score (nSPS) is 10.5. The largest absolute Gasteiger partial charge is 0.376 e. The van der Waals surface area contributed by atoms with Crippen molar-refractivity contribution in [1.82, 2.24) is 10.1 Å². The topological polar surface area (TPSA) is 94.1 Å². The van der Waals surface area contributed by atoms with Gasteiger partial charge in [-0.05, 0) is 18.2 Å². The van der Waals surface area contributed by atoms with Crippen molar-refractivity contribution < 1.29 is 13.8 Å². The van der Waals surface area contributed by atoms with Gasteiger partial charge in [-0.25, -0.2) is 4.39 Å². The van der Waals surface area contributed by atoms with Crippen LogP contribution in [0.3, 0.4) is 0 Å². The molecule has 0 saturated carbocycles. The zero-order chi connectivity index (χ0) is 16.2. The quantitative estimate of drug-likeness (QED) is 0.573. The van der Waals surface area contributed by atoms with Gasteiger partial charge in [0.2, 0.25) is 11.7 Å². The highest BCUT2D eigenvalue weighted by Gasteiger charge is 2.12. The van der Waals surface area contributed by atoms with Crippen LogP contribution in [0.5, 0.6) is 0 Å². The Kier molecular flexibility index (Phi) is 3.96. The lowest BCUT2D eigenvalue weighted by molar-refractivity contribution is -0.384. The third-order valence-electron chi connectivity index (χ3n) is 3.05. The molecule has 0 spiro atoms. The summed E-state index contributed by atoms with van der Waals surface area (Å²) in [5, 5.41) is 17.5. The fourth-order valence-electron chi connectivity index (χ4n) is 1.98. The van der Waals surface area contributed by atoms with E-state index in [1.807, 2.05) is 0 Å². The third-order valence-corrected chi connectivity index (χ3v) is 3.05. The smallest absolute Gasteiger partial charge is 0.270 e. The minimum atomic E-state index is -0.490. The van der Waals surface area contributed by atoms with E-state index >= 15 is 0 Å². The van der Waals surface area contributed by atoms with Gasteiger partial charge in [0.25, 0.3) is 5.69 Å². The van der Waals surface area contributed by atoms with E-state index in [0.717, 1.165) is 0 Å². The molecule has 8 heteroatoms. The van der Waals surface area contributed by atoms with E-state index in [4.69, 9.17) is 4.52 Å². The summed E-state index contributed by atoms with van der Waals surface area (Å²) in [5.74, 6) is 0.193. The molecule has 1 N–H and O–H groups in total. The second-order valence-electron chi connectivity index (χ2n) is 4.68. The number of hydrogen-bond donors (Lipinski definition) is 1. The molecule has 0 radical (unpaired) electrons. The first-order chi connectivity index (χ1) is 11.1. The molecule has 23 heavy (non-hydrogen) atoms. The van der Waals surface area contributed by atoms with E-state index in [1.165, 1.54) is 24.3 Å². The summed E-state index contributed by atoms with van der Waals surface area (Å²) in [7, 11) is 0. The number of aromatic nitrogens is 2. The number of nitrogens with one attached hydrogen (secondary N) is 1. The number of non-ortho nitro benzene ring substituents is 1. The molecule has 7 nitrogen and oxygen atoms in total. The number of benzene rings is 2. The van der Waals surface area contributed by atoms with Crippen molar-refractivity contribution in [2.75, 3.05) is 5.32 Å². The summed E-state index contributed by atoms with van der Waals surface area (Å²) in [5.41, 5.74) is 1.02. The number of nitro groups is 1. The van der Waals surface area contributed by atoms with Crippen LogP contribution in [-0.4, -0.2) is 15.1 Å². The Hall–Kier alpha value is -3.29. The molecule has 2 aromatic carbocycles. The lowest BCUT2D eigenvalue weighted by atomic mass is 10.2. The predicted octanol–water partition coefficient (Wildman–Crippen LogP) is 3.40. The van der Waals surface area contributed by atoms with Crippen molar-refractivity contribution in [2.45, 2.75) is 6.54 Å². The SMILES string of the molecule is O=[N+]([O-])c1cccc(-c2noc(CNc3cccc(F)c3)n2)c1. The molecule has 0 atom stereocenters. The molecule has 3 aromatic rings. The summed E-state index contributed by atoms with van der Waals surface area (Å²) < 4.78 is 18.2. The van der Waals surface area contributed by atoms with E-state index in [-0.39, 0.29) is 29.8 Å². The average Bonchev–Trinajstić information content (AvgIpc) is 3.02. The molecule has 1 heterocycles. The Balaban J connectivity index is 1.73. The first kappa shape index (κ1) is 14.6. The fraction of sp³-hybridized carbons (Fsp3) is 0.0667. The standard InChI is InChI=1S/C15H11FN4O3/c16-11-4-2-5-12(8-11)17-9-14-18-15(19-23-14)10-3-1-6-13(7-10)20(21)22/h1-8,17H,9H2. The number of halogens is 1. The highest BCUT2D eigenvalue weighted by Crippen LogP contribution is 2.21. The van der Waals surface area contributed by atoms with Crippen molar-refractivity contribution >= 4 is 11.4 Å². The highest BCUT2D eigenvalue weighted by molar-refractivity contribution is 5.58. The summed E-state index contributed by atoms with van der Waals surface area (Å²) in [4.78, 5) is 14.4. The van der Waals surface area contributed by atoms with Gasteiger partial charge >= 0.3 is 0 Å². The van der Waals surface area contributed by atoms with E-state index < -0.39 is 4.92 Å². The predicted molar refractivity (Wildman–Crippen MR) is 80.1 cm³/mol. The monoisotopic (exact) mass is 314 g/mol. The van der Waals surface area contributed by atoms with Crippen molar-refractivity contribution in [3.63, 3.8) is 0 Å². The van der Waals surface area contributed by atoms with Crippen LogP contribution in [0.25, 0.3) is 11.4 Å². The van der Waals surface area contributed by atoms with Crippen molar-refractivity contribution in [1.29, 1.82) is 0 Å². The maximum absolute atomic E-state index is 13.1. The first-order valence-corrected chi connectivity index (χ1v) is 6.69. The van der Waals surface area contributed by atoms with Gasteiger partial charge < -0.3 is 9.84 Å². The minimum absolute atomic E-state index is 0.0493. The van der Waals surface area contributed by atoms with E-state index in [9.17, 15) is 14.5 Å². The Labute approximate surface area is 129 Å². The molecule has 1 aromatic heterocycles. The Bertz CT molecular complexity index is 850. The van der Waals surface area contributed by atoms with Gasteiger partial charge in [-0.2, -0.15) is 4.98 Å². The van der Waals surface area contributed by atoms with Crippen molar-refractivity contribution in [2.24, 2.45) is 0 Å². The number of anilines is 1. The molecule has 3 rings (SSSR count). The van der Waals surface area contributed by atoms with Crippen molar-refractivity contribution in [3.05, 3.63) is 70.4 Å². The minimum Gasteiger partial charge on any atom is -0.376 e.